The van der Waals surface area contributed by atoms with Crippen molar-refractivity contribution in [1.29, 1.82) is 0 Å². The van der Waals surface area contributed by atoms with E-state index < -0.39 is 10.0 Å². The minimum Gasteiger partial charge on any atom is -0.326 e. The molecule has 0 aliphatic heterocycles. The highest BCUT2D eigenvalue weighted by atomic mass is 32.2. The quantitative estimate of drug-likeness (QED) is 0.361. The average Bonchev–Trinajstić information content (AvgIpc) is 3.29. The van der Waals surface area contributed by atoms with Gasteiger partial charge in [-0.1, -0.05) is 32.0 Å². The van der Waals surface area contributed by atoms with E-state index in [2.05, 4.69) is 25.6 Å². The number of anilines is 3. The molecule has 0 saturated carbocycles. The number of carbonyl (C=O) groups is 1. The molecule has 2 aromatic carbocycles. The largest absolute Gasteiger partial charge is 0.326 e. The third kappa shape index (κ3) is 4.31. The molecule has 9 nitrogen and oxygen atoms in total. The van der Waals surface area contributed by atoms with E-state index in [1.807, 2.05) is 26.0 Å². The molecule has 10 heteroatoms. The highest BCUT2D eigenvalue weighted by Gasteiger charge is 2.23. The van der Waals surface area contributed by atoms with Gasteiger partial charge in [-0.25, -0.2) is 17.4 Å². The lowest BCUT2D eigenvalue weighted by atomic mass is 10.2. The molecular formula is C25H22N6O3S. The van der Waals surface area contributed by atoms with Crippen LogP contribution in [0.25, 0.3) is 21.9 Å². The number of benzene rings is 2. The number of nitrogens with one attached hydrogen (secondary N) is 2. The van der Waals surface area contributed by atoms with Crippen molar-refractivity contribution in [2.45, 2.75) is 18.7 Å². The van der Waals surface area contributed by atoms with E-state index in [1.54, 1.807) is 54.9 Å². The van der Waals surface area contributed by atoms with Gasteiger partial charge in [-0.3, -0.25) is 9.78 Å². The van der Waals surface area contributed by atoms with Gasteiger partial charge in [-0.15, -0.1) is 0 Å². The highest BCUT2D eigenvalue weighted by Crippen LogP contribution is 2.26. The predicted molar refractivity (Wildman–Crippen MR) is 135 cm³/mol. The number of rotatable bonds is 6. The maximum atomic E-state index is 13.6. The number of amides is 1. The van der Waals surface area contributed by atoms with Crippen molar-refractivity contribution < 1.29 is 13.2 Å². The summed E-state index contributed by atoms with van der Waals surface area (Å²) >= 11 is 0. The molecule has 176 valence electrons. The Morgan fingerprint density at radius 1 is 0.914 bits per heavy atom. The third-order valence-electron chi connectivity index (χ3n) is 5.46. The first-order valence-corrected chi connectivity index (χ1v) is 12.4. The Balaban J connectivity index is 1.47. The van der Waals surface area contributed by atoms with Crippen molar-refractivity contribution >= 4 is 55.2 Å². The summed E-state index contributed by atoms with van der Waals surface area (Å²) in [6.07, 6.45) is 4.60. The second kappa shape index (κ2) is 8.80. The molecule has 2 N–H and O–H groups in total. The van der Waals surface area contributed by atoms with Crippen LogP contribution in [0.15, 0.2) is 84.1 Å². The van der Waals surface area contributed by atoms with Crippen LogP contribution in [-0.2, 0) is 14.8 Å². The molecule has 1 amide bonds. The third-order valence-corrected chi connectivity index (χ3v) is 7.16. The van der Waals surface area contributed by atoms with E-state index in [4.69, 9.17) is 0 Å². The first-order valence-electron chi connectivity index (χ1n) is 10.9. The van der Waals surface area contributed by atoms with Gasteiger partial charge in [-0.05, 0) is 42.5 Å². The normalized spacial score (nSPS) is 11.7. The molecule has 0 atom stereocenters. The number of carbonyl (C=O) groups excluding carboxylic acids is 1. The fraction of sp³-hybridized carbons (Fsp3) is 0.120. The lowest BCUT2D eigenvalue weighted by Gasteiger charge is -2.11. The molecule has 0 radical (unpaired) electrons. The summed E-state index contributed by atoms with van der Waals surface area (Å²) in [6.45, 7) is 3.65. The van der Waals surface area contributed by atoms with E-state index >= 15 is 0 Å². The van der Waals surface area contributed by atoms with Gasteiger partial charge in [0.2, 0.25) is 11.9 Å². The van der Waals surface area contributed by atoms with Crippen LogP contribution in [0.5, 0.6) is 0 Å². The molecule has 3 heterocycles. The molecule has 0 fully saturated rings. The number of hydrogen-bond donors (Lipinski definition) is 2. The topological polar surface area (TPSA) is 119 Å². The molecule has 0 unspecified atom stereocenters. The molecule has 5 rings (SSSR count). The van der Waals surface area contributed by atoms with Crippen molar-refractivity contribution in [3.05, 3.63) is 79.3 Å². The van der Waals surface area contributed by atoms with E-state index in [-0.39, 0.29) is 28.3 Å². The van der Waals surface area contributed by atoms with Gasteiger partial charge >= 0.3 is 0 Å². The van der Waals surface area contributed by atoms with Gasteiger partial charge in [0.15, 0.2) is 5.65 Å². The van der Waals surface area contributed by atoms with Crippen molar-refractivity contribution in [3.63, 3.8) is 0 Å². The fourth-order valence-electron chi connectivity index (χ4n) is 3.59. The van der Waals surface area contributed by atoms with Crippen molar-refractivity contribution in [2.75, 3.05) is 10.6 Å². The standard InChI is InChI=1S/C25H22N6O3S/c1-16(2)24(32)28-19-8-10-20(11-9-19)29-25-27-15-18-12-14-31(23(18)30-25)35(33,34)21-7-3-5-17-6-4-13-26-22(17)21/h3-16H,1-2H3,(H,28,32)(H,27,29,30). The Bertz CT molecular complexity index is 1660. The minimum absolute atomic E-state index is 0.0668. The molecule has 35 heavy (non-hydrogen) atoms. The van der Waals surface area contributed by atoms with Crippen LogP contribution in [0.2, 0.25) is 0 Å². The molecule has 0 bridgehead atoms. The van der Waals surface area contributed by atoms with Crippen LogP contribution in [0.1, 0.15) is 13.8 Å². The number of hydrogen-bond acceptors (Lipinski definition) is 7. The monoisotopic (exact) mass is 486 g/mol. The van der Waals surface area contributed by atoms with Crippen molar-refractivity contribution in [3.8, 4) is 0 Å². The van der Waals surface area contributed by atoms with E-state index in [1.165, 1.54) is 12.3 Å². The molecule has 3 aromatic heterocycles. The number of fused-ring (bicyclic) bond motifs is 2. The molecule has 0 aliphatic rings. The van der Waals surface area contributed by atoms with Gasteiger partial charge in [0, 0.05) is 46.7 Å². The smallest absolute Gasteiger partial charge is 0.271 e. The van der Waals surface area contributed by atoms with Crippen LogP contribution < -0.4 is 10.6 Å². The molecule has 0 spiro atoms. The number of nitrogens with zero attached hydrogens (tertiary/aromatic N) is 4. The van der Waals surface area contributed by atoms with E-state index in [9.17, 15) is 13.2 Å². The van der Waals surface area contributed by atoms with Gasteiger partial charge in [0.05, 0.1) is 5.52 Å². The molecule has 5 aromatic rings. The molecular weight excluding hydrogens is 464 g/mol. The van der Waals surface area contributed by atoms with Gasteiger partial charge < -0.3 is 10.6 Å². The van der Waals surface area contributed by atoms with Crippen molar-refractivity contribution in [2.24, 2.45) is 5.92 Å². The Labute approximate surface area is 201 Å². The molecule has 0 saturated heterocycles. The van der Waals surface area contributed by atoms with Crippen LogP contribution in [0.4, 0.5) is 17.3 Å². The fourth-order valence-corrected chi connectivity index (χ4v) is 5.06. The van der Waals surface area contributed by atoms with Crippen molar-refractivity contribution in [1.82, 2.24) is 18.9 Å². The Morgan fingerprint density at radius 2 is 1.66 bits per heavy atom. The van der Waals surface area contributed by atoms with Gasteiger partial charge in [0.25, 0.3) is 10.0 Å². The predicted octanol–water partition coefficient (Wildman–Crippen LogP) is 4.55. The number of pyridine rings is 1. The number of para-hydroxylation sites is 1. The van der Waals surface area contributed by atoms with Gasteiger partial charge in [0.1, 0.15) is 4.90 Å². The Kier molecular flexibility index (Phi) is 5.65. The Morgan fingerprint density at radius 3 is 2.43 bits per heavy atom. The first-order chi connectivity index (χ1) is 16.8. The highest BCUT2D eigenvalue weighted by molar-refractivity contribution is 7.90. The lowest BCUT2D eigenvalue weighted by Crippen LogP contribution is -2.17. The van der Waals surface area contributed by atoms with E-state index in [0.29, 0.717) is 22.3 Å². The minimum atomic E-state index is -3.97. The van der Waals surface area contributed by atoms with Gasteiger partial charge in [-0.2, -0.15) is 4.98 Å². The van der Waals surface area contributed by atoms with Crippen LogP contribution >= 0.6 is 0 Å². The van der Waals surface area contributed by atoms with Crippen LogP contribution in [-0.4, -0.2) is 33.2 Å². The maximum Gasteiger partial charge on any atom is 0.271 e. The Hall–Kier alpha value is -4.31. The zero-order valence-electron chi connectivity index (χ0n) is 19.0. The van der Waals surface area contributed by atoms with Crippen LogP contribution in [0.3, 0.4) is 0 Å². The summed E-state index contributed by atoms with van der Waals surface area (Å²) in [5.74, 6) is 0.0515. The summed E-state index contributed by atoms with van der Waals surface area (Å²) in [6, 6.07) is 17.4. The first kappa shape index (κ1) is 22.5. The SMILES string of the molecule is CC(C)C(=O)Nc1ccc(Nc2ncc3ccn(S(=O)(=O)c4cccc5cccnc45)c3n2)cc1. The van der Waals surface area contributed by atoms with E-state index in [0.717, 1.165) is 9.36 Å². The van der Waals surface area contributed by atoms with Crippen LogP contribution in [0, 0.1) is 5.92 Å². The maximum absolute atomic E-state index is 13.6. The second-order valence-corrected chi connectivity index (χ2v) is 10.1. The second-order valence-electron chi connectivity index (χ2n) is 8.27. The lowest BCUT2D eigenvalue weighted by molar-refractivity contribution is -0.118. The summed E-state index contributed by atoms with van der Waals surface area (Å²) in [5, 5.41) is 7.23. The number of aromatic nitrogens is 4. The summed E-state index contributed by atoms with van der Waals surface area (Å²) in [7, 11) is -3.97. The average molecular weight is 487 g/mol. The zero-order chi connectivity index (χ0) is 24.6. The summed E-state index contributed by atoms with van der Waals surface area (Å²) in [5.41, 5.74) is 2.01. The summed E-state index contributed by atoms with van der Waals surface area (Å²) < 4.78 is 28.3. The zero-order valence-corrected chi connectivity index (χ0v) is 19.8. The summed E-state index contributed by atoms with van der Waals surface area (Å²) in [4.78, 5) is 25.0. The molecule has 0 aliphatic carbocycles.